The second-order valence-corrected chi connectivity index (χ2v) is 4.46. The second-order valence-electron chi connectivity index (χ2n) is 4.46. The molecule has 0 fully saturated rings. The first-order chi connectivity index (χ1) is 10.6. The summed E-state index contributed by atoms with van der Waals surface area (Å²) in [5.74, 6) is -1.39. The van der Waals surface area contributed by atoms with Crippen LogP contribution in [0.4, 0.5) is 10.1 Å². The van der Waals surface area contributed by atoms with Gasteiger partial charge in [0.15, 0.2) is 0 Å². The smallest absolute Gasteiger partial charge is 0.313 e. The Bertz CT molecular complexity index is 671. The van der Waals surface area contributed by atoms with Crippen molar-refractivity contribution < 1.29 is 18.7 Å². The average molecular weight is 302 g/mol. The van der Waals surface area contributed by atoms with Crippen molar-refractivity contribution in [2.75, 3.05) is 12.4 Å². The lowest BCUT2D eigenvalue weighted by Gasteiger charge is -2.09. The van der Waals surface area contributed by atoms with Gasteiger partial charge in [-0.15, -0.1) is 0 Å². The van der Waals surface area contributed by atoms with Crippen LogP contribution >= 0.6 is 0 Å². The second kappa shape index (κ2) is 7.21. The maximum absolute atomic E-state index is 12.8. The zero-order valence-electron chi connectivity index (χ0n) is 11.9. The fourth-order valence-electron chi connectivity index (χ4n) is 1.83. The number of rotatable bonds is 4. The minimum atomic E-state index is -0.818. The van der Waals surface area contributed by atoms with Gasteiger partial charge in [0.05, 0.1) is 7.11 Å². The van der Waals surface area contributed by atoms with Crippen molar-refractivity contribution in [3.8, 4) is 5.75 Å². The standard InChI is InChI=1S/C16H15FN2O3/c1-22-14-5-3-2-4-11(14)10-18-15(20)16(21)19-13-8-6-12(17)7-9-13/h2-9H,10H2,1H3,(H,18,20)(H,19,21). The maximum atomic E-state index is 12.8. The molecule has 0 aliphatic heterocycles. The van der Waals surface area contributed by atoms with Crippen LogP contribution in [0.2, 0.25) is 0 Å². The van der Waals surface area contributed by atoms with Gasteiger partial charge < -0.3 is 15.4 Å². The molecule has 0 aromatic heterocycles. The van der Waals surface area contributed by atoms with E-state index in [0.717, 1.165) is 5.56 Å². The van der Waals surface area contributed by atoms with Crippen LogP contribution < -0.4 is 15.4 Å². The van der Waals surface area contributed by atoms with Crippen molar-refractivity contribution in [1.82, 2.24) is 5.32 Å². The predicted octanol–water partition coefficient (Wildman–Crippen LogP) is 2.09. The molecule has 0 radical (unpaired) electrons. The van der Waals surface area contributed by atoms with Gasteiger partial charge in [0.25, 0.3) is 0 Å². The van der Waals surface area contributed by atoms with Gasteiger partial charge in [0.1, 0.15) is 11.6 Å². The summed E-state index contributed by atoms with van der Waals surface area (Å²) in [7, 11) is 1.53. The third-order valence-corrected chi connectivity index (χ3v) is 2.94. The zero-order valence-corrected chi connectivity index (χ0v) is 11.9. The summed E-state index contributed by atoms with van der Waals surface area (Å²) in [6.45, 7) is 0.166. The monoisotopic (exact) mass is 302 g/mol. The minimum Gasteiger partial charge on any atom is -0.496 e. The first-order valence-electron chi connectivity index (χ1n) is 6.57. The Hall–Kier alpha value is -2.89. The molecule has 0 aliphatic carbocycles. The number of benzene rings is 2. The summed E-state index contributed by atoms with van der Waals surface area (Å²) in [4.78, 5) is 23.5. The molecule has 0 unspecified atom stereocenters. The Labute approximate surface area is 127 Å². The van der Waals surface area contributed by atoms with E-state index in [9.17, 15) is 14.0 Å². The van der Waals surface area contributed by atoms with Crippen LogP contribution in [-0.4, -0.2) is 18.9 Å². The largest absolute Gasteiger partial charge is 0.496 e. The SMILES string of the molecule is COc1ccccc1CNC(=O)C(=O)Nc1ccc(F)cc1. The van der Waals surface area contributed by atoms with Crippen LogP contribution in [0.25, 0.3) is 0 Å². The highest BCUT2D eigenvalue weighted by Gasteiger charge is 2.14. The molecule has 22 heavy (non-hydrogen) atoms. The van der Waals surface area contributed by atoms with Crippen molar-refractivity contribution in [3.63, 3.8) is 0 Å². The Balaban J connectivity index is 1.91. The molecule has 2 rings (SSSR count). The van der Waals surface area contributed by atoms with Gasteiger partial charge in [-0.3, -0.25) is 9.59 Å². The third kappa shape index (κ3) is 4.05. The molecule has 2 amide bonds. The van der Waals surface area contributed by atoms with Gasteiger partial charge in [-0.05, 0) is 30.3 Å². The van der Waals surface area contributed by atoms with Crippen LogP contribution in [0, 0.1) is 5.82 Å². The van der Waals surface area contributed by atoms with Gasteiger partial charge in [-0.1, -0.05) is 18.2 Å². The molecule has 0 heterocycles. The Morgan fingerprint density at radius 3 is 2.41 bits per heavy atom. The summed E-state index contributed by atoms with van der Waals surface area (Å²) >= 11 is 0. The van der Waals surface area contributed by atoms with Gasteiger partial charge >= 0.3 is 11.8 Å². The van der Waals surface area contributed by atoms with E-state index in [1.807, 2.05) is 12.1 Å². The van der Waals surface area contributed by atoms with Crippen molar-refractivity contribution >= 4 is 17.5 Å². The molecule has 0 saturated heterocycles. The number of hydrogen-bond donors (Lipinski definition) is 2. The number of carbonyl (C=O) groups excluding carboxylic acids is 2. The lowest BCUT2D eigenvalue weighted by Crippen LogP contribution is -2.35. The van der Waals surface area contributed by atoms with Crippen LogP contribution in [0.15, 0.2) is 48.5 Å². The summed E-state index contributed by atoms with van der Waals surface area (Å²) in [6, 6.07) is 12.3. The number of ether oxygens (including phenoxy) is 1. The predicted molar refractivity (Wildman–Crippen MR) is 79.9 cm³/mol. The Morgan fingerprint density at radius 2 is 1.73 bits per heavy atom. The molecule has 2 aromatic carbocycles. The maximum Gasteiger partial charge on any atom is 0.313 e. The first kappa shape index (κ1) is 15.5. The quantitative estimate of drug-likeness (QED) is 0.850. The molecular weight excluding hydrogens is 287 g/mol. The van der Waals surface area contributed by atoms with E-state index < -0.39 is 17.6 Å². The van der Waals surface area contributed by atoms with Gasteiger partial charge in [-0.25, -0.2) is 4.39 Å². The third-order valence-electron chi connectivity index (χ3n) is 2.94. The number of para-hydroxylation sites is 1. The van der Waals surface area contributed by atoms with Crippen molar-refractivity contribution in [3.05, 3.63) is 59.9 Å². The van der Waals surface area contributed by atoms with E-state index in [1.165, 1.54) is 31.4 Å². The van der Waals surface area contributed by atoms with Crippen molar-refractivity contribution in [1.29, 1.82) is 0 Å². The molecule has 0 saturated carbocycles. The van der Waals surface area contributed by atoms with Gasteiger partial charge in [0.2, 0.25) is 0 Å². The number of nitrogens with one attached hydrogen (secondary N) is 2. The Morgan fingerprint density at radius 1 is 1.05 bits per heavy atom. The zero-order chi connectivity index (χ0) is 15.9. The highest BCUT2D eigenvalue weighted by Crippen LogP contribution is 2.16. The van der Waals surface area contributed by atoms with E-state index in [2.05, 4.69) is 10.6 Å². The van der Waals surface area contributed by atoms with Crippen LogP contribution in [-0.2, 0) is 16.1 Å². The van der Waals surface area contributed by atoms with Crippen LogP contribution in [0.3, 0.4) is 0 Å². The lowest BCUT2D eigenvalue weighted by molar-refractivity contribution is -0.136. The van der Waals surface area contributed by atoms with E-state index in [4.69, 9.17) is 4.74 Å². The van der Waals surface area contributed by atoms with E-state index in [1.54, 1.807) is 12.1 Å². The Kier molecular flexibility index (Phi) is 5.08. The number of carbonyl (C=O) groups is 2. The topological polar surface area (TPSA) is 67.4 Å². The van der Waals surface area contributed by atoms with E-state index >= 15 is 0 Å². The normalized spacial score (nSPS) is 9.91. The molecule has 0 bridgehead atoms. The highest BCUT2D eigenvalue weighted by molar-refractivity contribution is 6.39. The molecule has 114 valence electrons. The summed E-state index contributed by atoms with van der Waals surface area (Å²) in [5.41, 5.74) is 1.10. The average Bonchev–Trinajstić information content (AvgIpc) is 2.54. The summed E-state index contributed by atoms with van der Waals surface area (Å²) in [5, 5.41) is 4.88. The molecule has 5 nitrogen and oxygen atoms in total. The van der Waals surface area contributed by atoms with Crippen LogP contribution in [0.5, 0.6) is 5.75 Å². The number of methoxy groups -OCH3 is 1. The first-order valence-corrected chi connectivity index (χ1v) is 6.57. The molecule has 2 aromatic rings. The van der Waals surface area contributed by atoms with Crippen LogP contribution in [0.1, 0.15) is 5.56 Å². The van der Waals surface area contributed by atoms with E-state index in [0.29, 0.717) is 11.4 Å². The molecular formula is C16H15FN2O3. The molecule has 2 N–H and O–H groups in total. The molecule has 0 spiro atoms. The fraction of sp³-hybridized carbons (Fsp3) is 0.125. The van der Waals surface area contributed by atoms with Crippen molar-refractivity contribution in [2.45, 2.75) is 6.54 Å². The minimum absolute atomic E-state index is 0.166. The van der Waals surface area contributed by atoms with Gasteiger partial charge in [0, 0.05) is 17.8 Å². The summed E-state index contributed by atoms with van der Waals surface area (Å²) in [6.07, 6.45) is 0. The molecule has 0 aliphatic rings. The number of anilines is 1. The highest BCUT2D eigenvalue weighted by atomic mass is 19.1. The number of amides is 2. The van der Waals surface area contributed by atoms with Crippen molar-refractivity contribution in [2.24, 2.45) is 0 Å². The molecule has 6 heteroatoms. The van der Waals surface area contributed by atoms with Gasteiger partial charge in [-0.2, -0.15) is 0 Å². The fourth-order valence-corrected chi connectivity index (χ4v) is 1.83. The number of halogens is 1. The van der Waals surface area contributed by atoms with E-state index in [-0.39, 0.29) is 6.54 Å². The number of hydrogen-bond acceptors (Lipinski definition) is 3. The molecule has 0 atom stereocenters. The lowest BCUT2D eigenvalue weighted by atomic mass is 10.2. The summed E-state index contributed by atoms with van der Waals surface area (Å²) < 4.78 is 17.9.